The summed E-state index contributed by atoms with van der Waals surface area (Å²) in [6.45, 7) is 0. The van der Waals surface area contributed by atoms with Crippen molar-refractivity contribution >= 4 is 23.1 Å². The minimum atomic E-state index is -0.224. The Morgan fingerprint density at radius 2 is 1.36 bits per heavy atom. The molecule has 4 aromatic rings. The first-order valence-corrected chi connectivity index (χ1v) is 11.0. The summed E-state index contributed by atoms with van der Waals surface area (Å²) in [5.74, 6) is -0.0181. The number of ketones is 1. The van der Waals surface area contributed by atoms with Gasteiger partial charge in [0.1, 0.15) is 5.78 Å². The maximum absolute atomic E-state index is 12.8. The van der Waals surface area contributed by atoms with Crippen LogP contribution in [0, 0.1) is 0 Å². The highest BCUT2D eigenvalue weighted by Gasteiger charge is 2.10. The number of amides is 1. The number of nitrogen functional groups attached to an aromatic ring is 1. The number of carbonyl (C=O) groups is 2. The molecule has 0 saturated carbocycles. The molecule has 0 atom stereocenters. The number of hydrogen-bond acceptors (Lipinski definition) is 3. The minimum Gasteiger partial charge on any atom is -0.397 e. The van der Waals surface area contributed by atoms with Crippen molar-refractivity contribution in [1.29, 1.82) is 0 Å². The first-order chi connectivity index (χ1) is 16.1. The molecular formula is C29H26N2O2. The predicted molar refractivity (Wildman–Crippen MR) is 134 cm³/mol. The fraction of sp³-hybridized carbons (Fsp3) is 0.103. The lowest BCUT2D eigenvalue weighted by atomic mass is 10.0. The highest BCUT2D eigenvalue weighted by Crippen LogP contribution is 2.27. The van der Waals surface area contributed by atoms with Crippen LogP contribution < -0.4 is 11.1 Å². The normalized spacial score (nSPS) is 10.5. The van der Waals surface area contributed by atoms with Crippen LogP contribution in [-0.4, -0.2) is 11.7 Å². The van der Waals surface area contributed by atoms with Gasteiger partial charge in [0.25, 0.3) is 5.91 Å². The number of benzene rings is 4. The standard InChI is InChI=1S/C29H26N2O2/c30-27-18-16-25(23-9-5-2-6-10-23)20-28(27)31-29(33)24-14-11-21(12-15-24)13-17-26(32)19-22-7-3-1-4-8-22/h1-12,14-16,18,20H,13,17,19,30H2,(H,31,33). The number of hydrogen-bond donors (Lipinski definition) is 2. The number of nitrogens with two attached hydrogens (primary N) is 1. The highest BCUT2D eigenvalue weighted by atomic mass is 16.1. The van der Waals surface area contributed by atoms with E-state index >= 15 is 0 Å². The van der Waals surface area contributed by atoms with Crippen LogP contribution >= 0.6 is 0 Å². The van der Waals surface area contributed by atoms with Crippen molar-refractivity contribution in [3.8, 4) is 11.1 Å². The van der Waals surface area contributed by atoms with Crippen LogP contribution in [0.3, 0.4) is 0 Å². The molecule has 0 aromatic heterocycles. The quantitative estimate of drug-likeness (QED) is 0.338. The summed E-state index contributed by atoms with van der Waals surface area (Å²) in [7, 11) is 0. The number of carbonyl (C=O) groups excluding carboxylic acids is 2. The van der Waals surface area contributed by atoms with E-state index in [1.165, 1.54) is 0 Å². The highest BCUT2D eigenvalue weighted by molar-refractivity contribution is 6.06. The smallest absolute Gasteiger partial charge is 0.255 e. The Morgan fingerprint density at radius 3 is 2.06 bits per heavy atom. The van der Waals surface area contributed by atoms with Crippen molar-refractivity contribution in [3.63, 3.8) is 0 Å². The number of Topliss-reactive ketones (excluding diaryl/α,β-unsaturated/α-hetero) is 1. The van der Waals surface area contributed by atoms with Crippen LogP contribution in [0.4, 0.5) is 11.4 Å². The molecule has 3 N–H and O–H groups in total. The Kier molecular flexibility index (Phi) is 6.96. The van der Waals surface area contributed by atoms with Gasteiger partial charge >= 0.3 is 0 Å². The van der Waals surface area contributed by atoms with Gasteiger partial charge in [-0.3, -0.25) is 9.59 Å². The summed E-state index contributed by atoms with van der Waals surface area (Å²) in [5.41, 5.74) is 11.8. The molecule has 4 aromatic carbocycles. The monoisotopic (exact) mass is 434 g/mol. The largest absolute Gasteiger partial charge is 0.397 e. The SMILES string of the molecule is Nc1ccc(-c2ccccc2)cc1NC(=O)c1ccc(CCC(=O)Cc2ccccc2)cc1. The summed E-state index contributed by atoms with van der Waals surface area (Å²) < 4.78 is 0. The van der Waals surface area contributed by atoms with Gasteiger partial charge in [0.15, 0.2) is 0 Å². The van der Waals surface area contributed by atoms with E-state index in [9.17, 15) is 9.59 Å². The molecule has 0 unspecified atom stereocenters. The summed E-state index contributed by atoms with van der Waals surface area (Å²) in [6, 6.07) is 32.7. The van der Waals surface area contributed by atoms with E-state index in [1.807, 2.05) is 84.9 Å². The van der Waals surface area contributed by atoms with E-state index < -0.39 is 0 Å². The first-order valence-electron chi connectivity index (χ1n) is 11.0. The second-order valence-corrected chi connectivity index (χ2v) is 8.02. The average molecular weight is 435 g/mol. The van der Waals surface area contributed by atoms with Crippen LogP contribution in [-0.2, 0) is 17.6 Å². The molecular weight excluding hydrogens is 408 g/mol. The topological polar surface area (TPSA) is 72.2 Å². The molecule has 0 heterocycles. The van der Waals surface area contributed by atoms with Crippen LogP contribution in [0.25, 0.3) is 11.1 Å². The Balaban J connectivity index is 1.36. The Labute approximate surface area is 194 Å². The van der Waals surface area contributed by atoms with Gasteiger partial charge in [-0.25, -0.2) is 0 Å². The third-order valence-corrected chi connectivity index (χ3v) is 5.56. The molecule has 0 radical (unpaired) electrons. The summed E-state index contributed by atoms with van der Waals surface area (Å²) in [4.78, 5) is 25.0. The van der Waals surface area contributed by atoms with Crippen molar-refractivity contribution in [2.24, 2.45) is 0 Å². The van der Waals surface area contributed by atoms with Gasteiger partial charge in [0, 0.05) is 18.4 Å². The van der Waals surface area contributed by atoms with E-state index in [4.69, 9.17) is 5.73 Å². The predicted octanol–water partition coefficient (Wildman–Crippen LogP) is 5.93. The number of anilines is 2. The van der Waals surface area contributed by atoms with Gasteiger partial charge in [-0.15, -0.1) is 0 Å². The molecule has 0 spiro atoms. The molecule has 4 rings (SSSR count). The van der Waals surface area contributed by atoms with E-state index in [2.05, 4.69) is 5.32 Å². The molecule has 0 aliphatic heterocycles. The van der Waals surface area contributed by atoms with Gasteiger partial charge < -0.3 is 11.1 Å². The molecule has 33 heavy (non-hydrogen) atoms. The zero-order chi connectivity index (χ0) is 23.0. The lowest BCUT2D eigenvalue weighted by Crippen LogP contribution is -2.13. The molecule has 0 aliphatic rings. The van der Waals surface area contributed by atoms with Crippen molar-refractivity contribution in [2.75, 3.05) is 11.1 Å². The second-order valence-electron chi connectivity index (χ2n) is 8.02. The van der Waals surface area contributed by atoms with Gasteiger partial charge in [-0.1, -0.05) is 78.9 Å². The fourth-order valence-electron chi connectivity index (χ4n) is 3.69. The number of aryl methyl sites for hydroxylation is 1. The van der Waals surface area contributed by atoms with Gasteiger partial charge in [0.2, 0.25) is 0 Å². The molecule has 0 aliphatic carbocycles. The Bertz CT molecular complexity index is 1230. The molecule has 164 valence electrons. The van der Waals surface area contributed by atoms with Crippen molar-refractivity contribution in [1.82, 2.24) is 0 Å². The summed E-state index contributed by atoms with van der Waals surface area (Å²) >= 11 is 0. The fourth-order valence-corrected chi connectivity index (χ4v) is 3.69. The van der Waals surface area contributed by atoms with E-state index in [1.54, 1.807) is 18.2 Å². The average Bonchev–Trinajstić information content (AvgIpc) is 2.85. The van der Waals surface area contributed by atoms with Crippen LogP contribution in [0.2, 0.25) is 0 Å². The second kappa shape index (κ2) is 10.4. The first kappa shape index (κ1) is 22.0. The summed E-state index contributed by atoms with van der Waals surface area (Å²) in [6.07, 6.45) is 1.58. The van der Waals surface area contributed by atoms with Crippen LogP contribution in [0.15, 0.2) is 103 Å². The number of nitrogens with one attached hydrogen (secondary N) is 1. The van der Waals surface area contributed by atoms with Crippen molar-refractivity contribution in [3.05, 3.63) is 120 Å². The van der Waals surface area contributed by atoms with Crippen molar-refractivity contribution in [2.45, 2.75) is 19.3 Å². The maximum Gasteiger partial charge on any atom is 0.255 e. The van der Waals surface area contributed by atoms with Gasteiger partial charge in [-0.05, 0) is 52.9 Å². The van der Waals surface area contributed by atoms with E-state index in [-0.39, 0.29) is 11.7 Å². The zero-order valence-electron chi connectivity index (χ0n) is 18.3. The Hall–Kier alpha value is -4.18. The third-order valence-electron chi connectivity index (χ3n) is 5.56. The zero-order valence-corrected chi connectivity index (χ0v) is 18.3. The lowest BCUT2D eigenvalue weighted by Gasteiger charge is -2.11. The summed E-state index contributed by atoms with van der Waals surface area (Å²) in [5, 5.41) is 2.92. The molecule has 0 saturated heterocycles. The van der Waals surface area contributed by atoms with E-state index in [0.29, 0.717) is 36.2 Å². The molecule has 1 amide bonds. The van der Waals surface area contributed by atoms with Crippen LogP contribution in [0.1, 0.15) is 27.9 Å². The lowest BCUT2D eigenvalue weighted by molar-refractivity contribution is -0.118. The van der Waals surface area contributed by atoms with Crippen molar-refractivity contribution < 1.29 is 9.59 Å². The van der Waals surface area contributed by atoms with Crippen LogP contribution in [0.5, 0.6) is 0 Å². The molecule has 4 nitrogen and oxygen atoms in total. The molecule has 0 bridgehead atoms. The van der Waals surface area contributed by atoms with Gasteiger partial charge in [0.05, 0.1) is 11.4 Å². The Morgan fingerprint density at radius 1 is 0.697 bits per heavy atom. The third kappa shape index (κ3) is 5.95. The molecule has 4 heteroatoms. The van der Waals surface area contributed by atoms with Gasteiger partial charge in [-0.2, -0.15) is 0 Å². The van der Waals surface area contributed by atoms with E-state index in [0.717, 1.165) is 22.3 Å². The molecule has 0 fully saturated rings. The maximum atomic E-state index is 12.8. The minimum absolute atomic E-state index is 0.205. The number of rotatable bonds is 8.